The highest BCUT2D eigenvalue weighted by molar-refractivity contribution is 7.89. The minimum absolute atomic E-state index is 0.0491. The Labute approximate surface area is 123 Å². The highest BCUT2D eigenvalue weighted by Crippen LogP contribution is 2.14. The minimum atomic E-state index is -3.42. The number of benzene rings is 1. The molecule has 4 nitrogen and oxygen atoms in total. The summed E-state index contributed by atoms with van der Waals surface area (Å²) < 4.78 is 27.3. The first-order chi connectivity index (χ1) is 9.39. The Balaban J connectivity index is 2.72. The summed E-state index contributed by atoms with van der Waals surface area (Å²) >= 11 is 0. The van der Waals surface area contributed by atoms with Crippen molar-refractivity contribution in [3.63, 3.8) is 0 Å². The average Bonchev–Trinajstić information content (AvgIpc) is 2.38. The van der Waals surface area contributed by atoms with Gasteiger partial charge < -0.3 is 5.32 Å². The molecule has 1 rings (SSSR count). The zero-order valence-electron chi connectivity index (χ0n) is 12.8. The molecule has 0 aliphatic heterocycles. The maximum Gasteiger partial charge on any atom is 0.240 e. The van der Waals surface area contributed by atoms with E-state index in [1.807, 2.05) is 26.1 Å². The van der Waals surface area contributed by atoms with E-state index in [0.717, 1.165) is 24.9 Å². The van der Waals surface area contributed by atoms with Gasteiger partial charge in [0.1, 0.15) is 0 Å². The van der Waals surface area contributed by atoms with Crippen LogP contribution in [0.25, 0.3) is 0 Å². The molecule has 0 saturated heterocycles. The lowest BCUT2D eigenvalue weighted by Gasteiger charge is -2.17. The maximum absolute atomic E-state index is 12.3. The summed E-state index contributed by atoms with van der Waals surface area (Å²) in [6.45, 7) is 6.90. The first-order valence-corrected chi connectivity index (χ1v) is 8.63. The summed E-state index contributed by atoms with van der Waals surface area (Å²) in [5.41, 5.74) is 1.07. The van der Waals surface area contributed by atoms with Crippen LogP contribution in [0.2, 0.25) is 0 Å². The average molecular weight is 298 g/mol. The van der Waals surface area contributed by atoms with E-state index < -0.39 is 10.0 Å². The third-order valence-electron chi connectivity index (χ3n) is 3.42. The molecule has 2 unspecified atom stereocenters. The molecule has 0 radical (unpaired) electrons. The molecule has 0 saturated carbocycles. The normalized spacial score (nSPS) is 15.0. The van der Waals surface area contributed by atoms with Crippen LogP contribution in [0.4, 0.5) is 0 Å². The van der Waals surface area contributed by atoms with Gasteiger partial charge in [-0.15, -0.1) is 0 Å². The Bertz CT molecular complexity index is 497. The van der Waals surface area contributed by atoms with E-state index in [1.165, 1.54) is 0 Å². The van der Waals surface area contributed by atoms with Crippen LogP contribution in [0.5, 0.6) is 0 Å². The lowest BCUT2D eigenvalue weighted by Crippen LogP contribution is -2.33. The summed E-state index contributed by atoms with van der Waals surface area (Å²) in [6.07, 6.45) is 1.92. The first kappa shape index (κ1) is 17.1. The molecule has 20 heavy (non-hydrogen) atoms. The molecule has 0 heterocycles. The fourth-order valence-electron chi connectivity index (χ4n) is 2.14. The predicted molar refractivity (Wildman–Crippen MR) is 83.1 cm³/mol. The van der Waals surface area contributed by atoms with Gasteiger partial charge in [0.05, 0.1) is 4.90 Å². The van der Waals surface area contributed by atoms with Crippen LogP contribution < -0.4 is 10.0 Å². The van der Waals surface area contributed by atoms with Gasteiger partial charge in [0.15, 0.2) is 0 Å². The molecule has 2 N–H and O–H groups in total. The number of rotatable bonds is 8. The quantitative estimate of drug-likeness (QED) is 0.775. The topological polar surface area (TPSA) is 58.2 Å². The van der Waals surface area contributed by atoms with Gasteiger partial charge in [-0.05, 0) is 44.0 Å². The molecule has 0 aliphatic carbocycles. The van der Waals surface area contributed by atoms with Gasteiger partial charge >= 0.3 is 0 Å². The van der Waals surface area contributed by atoms with E-state index in [4.69, 9.17) is 0 Å². The van der Waals surface area contributed by atoms with Crippen LogP contribution in [0, 0.1) is 5.92 Å². The Morgan fingerprint density at radius 2 is 1.75 bits per heavy atom. The standard InChI is InChI=1S/C15H26N2O2S/c1-5-12(2)10-13(3)17-20(18,19)15-8-6-14(7-9-15)11-16-4/h6-9,12-13,16-17H,5,10-11H2,1-4H3. The fraction of sp³-hybridized carbons (Fsp3) is 0.600. The van der Waals surface area contributed by atoms with Crippen molar-refractivity contribution in [1.29, 1.82) is 0 Å². The molecule has 2 atom stereocenters. The third-order valence-corrected chi connectivity index (χ3v) is 5.03. The molecular formula is C15H26N2O2S. The van der Waals surface area contributed by atoms with E-state index in [0.29, 0.717) is 10.8 Å². The van der Waals surface area contributed by atoms with Gasteiger partial charge in [-0.2, -0.15) is 0 Å². The molecule has 0 bridgehead atoms. The van der Waals surface area contributed by atoms with Crippen molar-refractivity contribution >= 4 is 10.0 Å². The van der Waals surface area contributed by atoms with Crippen molar-refractivity contribution in [1.82, 2.24) is 10.0 Å². The summed E-state index contributed by atoms with van der Waals surface area (Å²) in [5.74, 6) is 0.519. The lowest BCUT2D eigenvalue weighted by molar-refractivity contribution is 0.445. The SMILES string of the molecule is CCC(C)CC(C)NS(=O)(=O)c1ccc(CNC)cc1. The predicted octanol–water partition coefficient (Wildman–Crippen LogP) is 2.51. The fourth-order valence-corrected chi connectivity index (χ4v) is 3.40. The van der Waals surface area contributed by atoms with Gasteiger partial charge in [0, 0.05) is 12.6 Å². The maximum atomic E-state index is 12.3. The molecule has 0 aliphatic rings. The van der Waals surface area contributed by atoms with E-state index >= 15 is 0 Å². The molecule has 5 heteroatoms. The van der Waals surface area contributed by atoms with Gasteiger partial charge in [0.2, 0.25) is 10.0 Å². The highest BCUT2D eigenvalue weighted by Gasteiger charge is 2.18. The summed E-state index contributed by atoms with van der Waals surface area (Å²) in [5, 5.41) is 3.04. The molecule has 0 fully saturated rings. The van der Waals surface area contributed by atoms with Crippen LogP contribution in [0.15, 0.2) is 29.2 Å². The lowest BCUT2D eigenvalue weighted by atomic mass is 10.0. The number of hydrogen-bond acceptors (Lipinski definition) is 3. The molecule has 0 aromatic heterocycles. The minimum Gasteiger partial charge on any atom is -0.316 e. The van der Waals surface area contributed by atoms with Crippen molar-refractivity contribution in [2.75, 3.05) is 7.05 Å². The second-order valence-electron chi connectivity index (χ2n) is 5.45. The van der Waals surface area contributed by atoms with Crippen molar-refractivity contribution in [3.8, 4) is 0 Å². The summed E-state index contributed by atoms with van der Waals surface area (Å²) in [6, 6.07) is 6.94. The molecule has 1 aromatic rings. The zero-order chi connectivity index (χ0) is 15.2. The van der Waals surface area contributed by atoms with E-state index in [9.17, 15) is 8.42 Å². The number of nitrogens with one attached hydrogen (secondary N) is 2. The monoisotopic (exact) mass is 298 g/mol. The molecule has 0 amide bonds. The first-order valence-electron chi connectivity index (χ1n) is 7.15. The molecular weight excluding hydrogens is 272 g/mol. The summed E-state index contributed by atoms with van der Waals surface area (Å²) in [7, 11) is -1.55. The van der Waals surface area contributed by atoms with Crippen molar-refractivity contribution in [2.24, 2.45) is 5.92 Å². The Kier molecular flexibility index (Phi) is 6.65. The molecule has 0 spiro atoms. The smallest absolute Gasteiger partial charge is 0.240 e. The van der Waals surface area contributed by atoms with Gasteiger partial charge in [-0.1, -0.05) is 32.4 Å². The third kappa shape index (κ3) is 5.23. The van der Waals surface area contributed by atoms with Crippen molar-refractivity contribution < 1.29 is 8.42 Å². The van der Waals surface area contributed by atoms with Gasteiger partial charge in [-0.3, -0.25) is 0 Å². The Morgan fingerprint density at radius 3 is 2.25 bits per heavy atom. The highest BCUT2D eigenvalue weighted by atomic mass is 32.2. The van der Waals surface area contributed by atoms with Crippen LogP contribution in [-0.2, 0) is 16.6 Å². The van der Waals surface area contributed by atoms with Crippen molar-refractivity contribution in [2.45, 2.75) is 51.1 Å². The zero-order valence-corrected chi connectivity index (χ0v) is 13.6. The second kappa shape index (κ2) is 7.76. The van der Waals surface area contributed by atoms with Gasteiger partial charge in [-0.25, -0.2) is 13.1 Å². The largest absolute Gasteiger partial charge is 0.316 e. The van der Waals surface area contributed by atoms with Crippen LogP contribution in [0.3, 0.4) is 0 Å². The Morgan fingerprint density at radius 1 is 1.15 bits per heavy atom. The molecule has 1 aromatic carbocycles. The van der Waals surface area contributed by atoms with Gasteiger partial charge in [0.25, 0.3) is 0 Å². The van der Waals surface area contributed by atoms with E-state index in [-0.39, 0.29) is 6.04 Å². The second-order valence-corrected chi connectivity index (χ2v) is 7.16. The van der Waals surface area contributed by atoms with Crippen LogP contribution in [0.1, 0.15) is 39.2 Å². The number of sulfonamides is 1. The Hall–Kier alpha value is -0.910. The van der Waals surface area contributed by atoms with E-state index in [1.54, 1.807) is 12.1 Å². The van der Waals surface area contributed by atoms with Crippen LogP contribution in [-0.4, -0.2) is 21.5 Å². The number of hydrogen-bond donors (Lipinski definition) is 2. The van der Waals surface area contributed by atoms with E-state index in [2.05, 4.69) is 23.9 Å². The summed E-state index contributed by atoms with van der Waals surface area (Å²) in [4.78, 5) is 0.327. The van der Waals surface area contributed by atoms with Crippen LogP contribution >= 0.6 is 0 Å². The molecule has 114 valence electrons. The van der Waals surface area contributed by atoms with Crippen molar-refractivity contribution in [3.05, 3.63) is 29.8 Å².